The molecule has 1 amide bonds. The molecule has 5 heteroatoms. The third-order valence-electron chi connectivity index (χ3n) is 3.41. The Bertz CT molecular complexity index is 456. The predicted octanol–water partition coefficient (Wildman–Crippen LogP) is 1.09. The molecule has 1 fully saturated rings. The highest BCUT2D eigenvalue weighted by Gasteiger charge is 2.13. The van der Waals surface area contributed by atoms with Crippen LogP contribution in [0.1, 0.15) is 12.0 Å². The van der Waals surface area contributed by atoms with Gasteiger partial charge in [-0.2, -0.15) is 0 Å². The number of benzene rings is 1. The topological polar surface area (TPSA) is 53.6 Å². The Balaban J connectivity index is 1.60. The van der Waals surface area contributed by atoms with Crippen LogP contribution in [0.2, 0.25) is 0 Å². The van der Waals surface area contributed by atoms with Gasteiger partial charge in [0.15, 0.2) is 0 Å². The summed E-state index contributed by atoms with van der Waals surface area (Å²) in [4.78, 5) is 13.9. The summed E-state index contributed by atoms with van der Waals surface area (Å²) >= 11 is 0. The Hall–Kier alpha value is -1.85. The van der Waals surface area contributed by atoms with Crippen molar-refractivity contribution in [1.82, 2.24) is 15.8 Å². The monoisotopic (exact) mass is 289 g/mol. The van der Waals surface area contributed by atoms with Crippen LogP contribution in [0, 0.1) is 0 Å². The Morgan fingerprint density at radius 3 is 2.62 bits per heavy atom. The van der Waals surface area contributed by atoms with E-state index in [2.05, 4.69) is 34.5 Å². The molecule has 1 heterocycles. The van der Waals surface area contributed by atoms with Crippen LogP contribution in [0.5, 0.6) is 0 Å². The smallest absolute Gasteiger partial charge is 0.252 e. The summed E-state index contributed by atoms with van der Waals surface area (Å²) in [7, 11) is 0. The van der Waals surface area contributed by atoms with Crippen LogP contribution < -0.4 is 10.9 Å². The first-order valence-electron chi connectivity index (χ1n) is 7.31. The van der Waals surface area contributed by atoms with Gasteiger partial charge in [-0.25, -0.2) is 0 Å². The van der Waals surface area contributed by atoms with Gasteiger partial charge in [0.1, 0.15) is 0 Å². The van der Waals surface area contributed by atoms with Crippen molar-refractivity contribution in [3.63, 3.8) is 0 Å². The molecule has 0 radical (unpaired) electrons. The van der Waals surface area contributed by atoms with E-state index in [9.17, 15) is 4.79 Å². The van der Waals surface area contributed by atoms with E-state index in [0.717, 1.165) is 31.6 Å². The first-order chi connectivity index (χ1) is 10.2. The van der Waals surface area contributed by atoms with Gasteiger partial charge >= 0.3 is 0 Å². The average molecular weight is 289 g/mol. The number of carbonyl (C=O) groups excluding carboxylic acids is 1. The van der Waals surface area contributed by atoms with Gasteiger partial charge in [-0.3, -0.25) is 15.1 Å². The Kier molecular flexibility index (Phi) is 6.24. The first kappa shape index (κ1) is 15.5. The molecule has 1 aliphatic heterocycles. The van der Waals surface area contributed by atoms with Gasteiger partial charge in [0.25, 0.3) is 5.91 Å². The molecule has 1 aliphatic rings. The minimum atomic E-state index is -0.0437. The van der Waals surface area contributed by atoms with E-state index in [-0.39, 0.29) is 5.91 Å². The fourth-order valence-corrected chi connectivity index (χ4v) is 2.16. The summed E-state index contributed by atoms with van der Waals surface area (Å²) in [6.07, 6.45) is 1.70. The van der Waals surface area contributed by atoms with Gasteiger partial charge in [-0.1, -0.05) is 36.9 Å². The highest BCUT2D eigenvalue weighted by Crippen LogP contribution is 2.05. The largest absolute Gasteiger partial charge is 0.379 e. The van der Waals surface area contributed by atoms with Crippen molar-refractivity contribution >= 4 is 5.91 Å². The number of hydrazine groups is 1. The number of aryl methyl sites for hydroxylation is 1. The van der Waals surface area contributed by atoms with E-state index in [1.54, 1.807) is 0 Å². The summed E-state index contributed by atoms with van der Waals surface area (Å²) in [5.41, 5.74) is 7.66. The van der Waals surface area contributed by atoms with E-state index < -0.39 is 0 Å². The third kappa shape index (κ3) is 5.97. The summed E-state index contributed by atoms with van der Waals surface area (Å²) in [5, 5.41) is 0. The van der Waals surface area contributed by atoms with E-state index in [1.165, 1.54) is 5.56 Å². The molecule has 0 aromatic heterocycles. The van der Waals surface area contributed by atoms with Crippen LogP contribution in [-0.2, 0) is 16.0 Å². The first-order valence-corrected chi connectivity index (χ1v) is 7.31. The molecule has 5 nitrogen and oxygen atoms in total. The molecular weight excluding hydrogens is 266 g/mol. The maximum Gasteiger partial charge on any atom is 0.252 e. The van der Waals surface area contributed by atoms with Gasteiger partial charge in [0.2, 0.25) is 0 Å². The second kappa shape index (κ2) is 8.44. The molecular formula is C16H23N3O2. The Morgan fingerprint density at radius 1 is 1.19 bits per heavy atom. The van der Waals surface area contributed by atoms with Crippen molar-refractivity contribution in [2.24, 2.45) is 0 Å². The van der Waals surface area contributed by atoms with E-state index in [0.29, 0.717) is 19.8 Å². The standard InChI is InChI=1S/C16H23N3O2/c1-14(7-8-15-5-3-2-4-6-15)17-18-16(20)13-19-9-11-21-12-10-19/h2-6,17H,1,7-13H2,(H,18,20). The molecule has 0 saturated carbocycles. The van der Waals surface area contributed by atoms with Crippen molar-refractivity contribution in [2.75, 3.05) is 32.8 Å². The van der Waals surface area contributed by atoms with Gasteiger partial charge < -0.3 is 10.2 Å². The molecule has 0 bridgehead atoms. The van der Waals surface area contributed by atoms with E-state index in [1.807, 2.05) is 18.2 Å². The SMILES string of the molecule is C=C(CCc1ccccc1)NNC(=O)CN1CCOCC1. The van der Waals surface area contributed by atoms with Gasteiger partial charge in [0.05, 0.1) is 19.8 Å². The molecule has 1 aromatic rings. The highest BCUT2D eigenvalue weighted by atomic mass is 16.5. The van der Waals surface area contributed by atoms with Crippen LogP contribution in [-0.4, -0.2) is 43.7 Å². The number of carbonyl (C=O) groups is 1. The number of morpholine rings is 1. The minimum absolute atomic E-state index is 0.0437. The van der Waals surface area contributed by atoms with Gasteiger partial charge in [0, 0.05) is 18.8 Å². The highest BCUT2D eigenvalue weighted by molar-refractivity contribution is 5.77. The zero-order valence-corrected chi connectivity index (χ0v) is 12.3. The normalized spacial score (nSPS) is 15.4. The molecule has 2 N–H and O–H groups in total. The zero-order valence-electron chi connectivity index (χ0n) is 12.3. The van der Waals surface area contributed by atoms with Crippen LogP contribution in [0.3, 0.4) is 0 Å². The Morgan fingerprint density at radius 2 is 1.90 bits per heavy atom. The van der Waals surface area contributed by atoms with Crippen molar-refractivity contribution in [3.8, 4) is 0 Å². The number of rotatable bonds is 7. The number of allylic oxidation sites excluding steroid dienone is 1. The molecule has 0 atom stereocenters. The fraction of sp³-hybridized carbons (Fsp3) is 0.438. The number of hydrogen-bond acceptors (Lipinski definition) is 4. The van der Waals surface area contributed by atoms with Crippen LogP contribution >= 0.6 is 0 Å². The number of nitrogens with one attached hydrogen (secondary N) is 2. The van der Waals surface area contributed by atoms with Crippen LogP contribution in [0.4, 0.5) is 0 Å². The van der Waals surface area contributed by atoms with Crippen LogP contribution in [0.25, 0.3) is 0 Å². The number of nitrogens with zero attached hydrogens (tertiary/aromatic N) is 1. The molecule has 2 rings (SSSR count). The summed E-state index contributed by atoms with van der Waals surface area (Å²) < 4.78 is 5.25. The lowest BCUT2D eigenvalue weighted by Crippen LogP contribution is -2.46. The molecule has 0 unspecified atom stereocenters. The molecule has 1 aromatic carbocycles. The lowest BCUT2D eigenvalue weighted by Gasteiger charge is -2.26. The minimum Gasteiger partial charge on any atom is -0.379 e. The number of ether oxygens (including phenoxy) is 1. The average Bonchev–Trinajstić information content (AvgIpc) is 2.53. The summed E-state index contributed by atoms with van der Waals surface area (Å²) in [6, 6.07) is 10.2. The zero-order chi connectivity index (χ0) is 14.9. The van der Waals surface area contributed by atoms with Gasteiger partial charge in [-0.05, 0) is 18.4 Å². The summed E-state index contributed by atoms with van der Waals surface area (Å²) in [5.74, 6) is -0.0437. The molecule has 114 valence electrons. The lowest BCUT2D eigenvalue weighted by molar-refractivity contribution is -0.124. The number of hydrogen-bond donors (Lipinski definition) is 2. The third-order valence-corrected chi connectivity index (χ3v) is 3.41. The molecule has 21 heavy (non-hydrogen) atoms. The summed E-state index contributed by atoms with van der Waals surface area (Å²) in [6.45, 7) is 7.33. The maximum absolute atomic E-state index is 11.8. The van der Waals surface area contributed by atoms with E-state index in [4.69, 9.17) is 4.74 Å². The van der Waals surface area contributed by atoms with E-state index >= 15 is 0 Å². The quantitative estimate of drug-likeness (QED) is 0.738. The van der Waals surface area contributed by atoms with Gasteiger partial charge in [-0.15, -0.1) is 0 Å². The predicted molar refractivity (Wildman–Crippen MR) is 82.4 cm³/mol. The van der Waals surface area contributed by atoms with Crippen molar-refractivity contribution in [1.29, 1.82) is 0 Å². The number of amides is 1. The second-order valence-electron chi connectivity index (χ2n) is 5.15. The fourth-order valence-electron chi connectivity index (χ4n) is 2.16. The second-order valence-corrected chi connectivity index (χ2v) is 5.15. The molecule has 0 spiro atoms. The van der Waals surface area contributed by atoms with Crippen molar-refractivity contribution in [3.05, 3.63) is 48.2 Å². The van der Waals surface area contributed by atoms with Crippen LogP contribution in [0.15, 0.2) is 42.6 Å². The van der Waals surface area contributed by atoms with Crippen molar-refractivity contribution < 1.29 is 9.53 Å². The molecule has 0 aliphatic carbocycles. The molecule has 1 saturated heterocycles. The Labute approximate surface area is 125 Å². The maximum atomic E-state index is 11.8. The lowest BCUT2D eigenvalue weighted by atomic mass is 10.1. The van der Waals surface area contributed by atoms with Crippen molar-refractivity contribution in [2.45, 2.75) is 12.8 Å².